The number of nitrogens with one attached hydrogen (secondary N) is 1. The number of hydrogen-bond acceptors (Lipinski definition) is 0. The van der Waals surface area contributed by atoms with E-state index in [1.54, 1.807) is 0 Å². The van der Waals surface area contributed by atoms with E-state index < -0.39 is 0 Å². The minimum Gasteiger partial charge on any atom is -0.361 e. The van der Waals surface area contributed by atoms with Gasteiger partial charge in [-0.1, -0.05) is 23.8 Å². The highest BCUT2D eigenvalue weighted by atomic mass is 14.7. The Labute approximate surface area is 90.8 Å². The molecular weight excluding hydrogens is 182 g/mol. The zero-order valence-electron chi connectivity index (χ0n) is 9.59. The molecule has 1 heteroatoms. The molecule has 0 fully saturated rings. The lowest BCUT2D eigenvalue weighted by Crippen LogP contribution is -1.79. The second-order valence-electron chi connectivity index (χ2n) is 4.35. The van der Waals surface area contributed by atoms with E-state index in [9.17, 15) is 0 Å². The van der Waals surface area contributed by atoms with Gasteiger partial charge < -0.3 is 4.98 Å². The zero-order chi connectivity index (χ0) is 10.8. The molecule has 0 unspecified atom stereocenters. The van der Waals surface area contributed by atoms with Crippen LogP contribution in [0.3, 0.4) is 0 Å². The fourth-order valence-corrected chi connectivity index (χ4v) is 1.78. The van der Waals surface area contributed by atoms with Gasteiger partial charge in [-0.25, -0.2) is 0 Å². The molecule has 1 nitrogen and oxygen atoms in total. The van der Waals surface area contributed by atoms with Crippen LogP contribution in [0.2, 0.25) is 0 Å². The van der Waals surface area contributed by atoms with E-state index in [-0.39, 0.29) is 0 Å². The summed E-state index contributed by atoms with van der Waals surface area (Å²) in [6, 6.07) is 6.57. The van der Waals surface area contributed by atoms with Crippen LogP contribution in [0.15, 0.2) is 36.0 Å². The third kappa shape index (κ3) is 2.12. The predicted octanol–water partition coefficient (Wildman–Crippen LogP) is 3.99. The molecule has 0 atom stereocenters. The molecule has 0 radical (unpaired) electrons. The molecule has 0 saturated heterocycles. The zero-order valence-corrected chi connectivity index (χ0v) is 9.59. The maximum absolute atomic E-state index is 3.32. The van der Waals surface area contributed by atoms with E-state index in [1.807, 2.05) is 0 Å². The van der Waals surface area contributed by atoms with Gasteiger partial charge in [0, 0.05) is 17.1 Å². The Morgan fingerprint density at radius 3 is 2.87 bits per heavy atom. The lowest BCUT2D eigenvalue weighted by Gasteiger charge is -1.96. The Kier molecular flexibility index (Phi) is 2.63. The van der Waals surface area contributed by atoms with Crippen molar-refractivity contribution in [1.29, 1.82) is 0 Å². The Hall–Kier alpha value is -1.50. The topological polar surface area (TPSA) is 15.8 Å². The number of hydrogen-bond donors (Lipinski definition) is 1. The summed E-state index contributed by atoms with van der Waals surface area (Å²) in [7, 11) is 0. The predicted molar refractivity (Wildman–Crippen MR) is 66.2 cm³/mol. The molecule has 0 amide bonds. The van der Waals surface area contributed by atoms with Crippen molar-refractivity contribution in [1.82, 2.24) is 4.98 Å². The maximum atomic E-state index is 3.32. The summed E-state index contributed by atoms with van der Waals surface area (Å²) in [5, 5.41) is 1.35. The van der Waals surface area contributed by atoms with Gasteiger partial charge in [-0.3, -0.25) is 0 Å². The van der Waals surface area contributed by atoms with Crippen molar-refractivity contribution in [3.05, 3.63) is 47.2 Å². The molecular formula is C14H17N. The van der Waals surface area contributed by atoms with Gasteiger partial charge in [-0.15, -0.1) is 0 Å². The second-order valence-corrected chi connectivity index (χ2v) is 4.35. The monoisotopic (exact) mass is 199 g/mol. The van der Waals surface area contributed by atoms with E-state index >= 15 is 0 Å². The van der Waals surface area contributed by atoms with Crippen molar-refractivity contribution in [3.63, 3.8) is 0 Å². The van der Waals surface area contributed by atoms with Crippen LogP contribution in [0.25, 0.3) is 10.9 Å². The largest absolute Gasteiger partial charge is 0.361 e. The van der Waals surface area contributed by atoms with Crippen LogP contribution < -0.4 is 0 Å². The third-order valence-corrected chi connectivity index (χ3v) is 2.65. The normalized spacial score (nSPS) is 10.6. The number of fused-ring (bicyclic) bond motifs is 1. The van der Waals surface area contributed by atoms with E-state index in [4.69, 9.17) is 0 Å². The first-order valence-electron chi connectivity index (χ1n) is 5.37. The van der Waals surface area contributed by atoms with Gasteiger partial charge in [0.15, 0.2) is 0 Å². The summed E-state index contributed by atoms with van der Waals surface area (Å²) >= 11 is 0. The molecule has 0 aliphatic rings. The van der Waals surface area contributed by atoms with Crippen LogP contribution in [0.5, 0.6) is 0 Å². The van der Waals surface area contributed by atoms with E-state index in [0.29, 0.717) is 0 Å². The highest BCUT2D eigenvalue weighted by molar-refractivity contribution is 5.83. The Bertz CT molecular complexity index is 499. The molecule has 0 bridgehead atoms. The van der Waals surface area contributed by atoms with Gasteiger partial charge in [0.05, 0.1) is 0 Å². The number of rotatable bonds is 2. The number of aryl methyl sites for hydroxylation is 1. The minimum atomic E-state index is 1.02. The Morgan fingerprint density at radius 1 is 1.33 bits per heavy atom. The van der Waals surface area contributed by atoms with Gasteiger partial charge in [0.25, 0.3) is 0 Å². The maximum Gasteiger partial charge on any atom is 0.0459 e. The fraction of sp³-hybridized carbons (Fsp3) is 0.286. The molecule has 2 aromatic rings. The molecule has 15 heavy (non-hydrogen) atoms. The summed E-state index contributed by atoms with van der Waals surface area (Å²) < 4.78 is 0. The van der Waals surface area contributed by atoms with Gasteiger partial charge in [-0.2, -0.15) is 0 Å². The van der Waals surface area contributed by atoms with Crippen molar-refractivity contribution >= 4 is 10.9 Å². The quantitative estimate of drug-likeness (QED) is 0.704. The van der Waals surface area contributed by atoms with Gasteiger partial charge in [-0.05, 0) is 44.4 Å². The van der Waals surface area contributed by atoms with Crippen molar-refractivity contribution in [3.8, 4) is 0 Å². The van der Waals surface area contributed by atoms with E-state index in [0.717, 1.165) is 6.42 Å². The van der Waals surface area contributed by atoms with Crippen molar-refractivity contribution in [2.45, 2.75) is 27.2 Å². The molecule has 1 aromatic carbocycles. The summed E-state index contributed by atoms with van der Waals surface area (Å²) in [6.45, 7) is 6.40. The molecule has 0 saturated carbocycles. The molecule has 0 spiro atoms. The number of benzene rings is 1. The van der Waals surface area contributed by atoms with Crippen LogP contribution in [-0.2, 0) is 6.42 Å². The number of allylic oxidation sites excluding steroid dienone is 2. The Balaban J connectivity index is 2.41. The molecule has 1 N–H and O–H groups in total. The highest BCUT2D eigenvalue weighted by Gasteiger charge is 2.01. The average molecular weight is 199 g/mol. The lowest BCUT2D eigenvalue weighted by molar-refractivity contribution is 1.23. The molecule has 78 valence electrons. The van der Waals surface area contributed by atoms with Crippen molar-refractivity contribution in [2.75, 3.05) is 0 Å². The standard InChI is InChI=1S/C14H17N/c1-10(2)4-6-12-9-15-14-8-11(3)5-7-13(12)14/h4-5,7-9,15H,6H2,1-3H3. The first kappa shape index (κ1) is 10.0. The first-order chi connectivity index (χ1) is 7.16. The van der Waals surface area contributed by atoms with E-state index in [2.05, 4.69) is 56.2 Å². The summed E-state index contributed by atoms with van der Waals surface area (Å²) in [4.78, 5) is 3.32. The number of aromatic amines is 1. The third-order valence-electron chi connectivity index (χ3n) is 2.65. The van der Waals surface area contributed by atoms with Crippen LogP contribution in [0, 0.1) is 6.92 Å². The van der Waals surface area contributed by atoms with Crippen LogP contribution in [0.4, 0.5) is 0 Å². The summed E-state index contributed by atoms with van der Waals surface area (Å²) in [6.07, 6.45) is 5.40. The van der Waals surface area contributed by atoms with E-state index in [1.165, 1.54) is 27.6 Å². The molecule has 2 rings (SSSR count). The first-order valence-corrected chi connectivity index (χ1v) is 5.37. The van der Waals surface area contributed by atoms with Crippen molar-refractivity contribution in [2.24, 2.45) is 0 Å². The van der Waals surface area contributed by atoms with Crippen LogP contribution in [0.1, 0.15) is 25.0 Å². The van der Waals surface area contributed by atoms with Crippen LogP contribution >= 0.6 is 0 Å². The lowest BCUT2D eigenvalue weighted by atomic mass is 10.1. The van der Waals surface area contributed by atoms with Crippen molar-refractivity contribution < 1.29 is 0 Å². The smallest absolute Gasteiger partial charge is 0.0459 e. The Morgan fingerprint density at radius 2 is 2.13 bits per heavy atom. The van der Waals surface area contributed by atoms with Gasteiger partial charge >= 0.3 is 0 Å². The minimum absolute atomic E-state index is 1.02. The van der Waals surface area contributed by atoms with Crippen LogP contribution in [-0.4, -0.2) is 4.98 Å². The van der Waals surface area contributed by atoms with Gasteiger partial charge in [0.2, 0.25) is 0 Å². The molecule has 1 heterocycles. The fourth-order valence-electron chi connectivity index (χ4n) is 1.78. The summed E-state index contributed by atoms with van der Waals surface area (Å²) in [5.41, 5.74) is 5.30. The molecule has 0 aliphatic heterocycles. The second kappa shape index (κ2) is 3.93. The summed E-state index contributed by atoms with van der Waals surface area (Å²) in [5.74, 6) is 0. The molecule has 1 aromatic heterocycles. The van der Waals surface area contributed by atoms with Gasteiger partial charge in [0.1, 0.15) is 0 Å². The number of H-pyrrole nitrogens is 1. The highest BCUT2D eigenvalue weighted by Crippen LogP contribution is 2.20. The number of aromatic nitrogens is 1. The average Bonchev–Trinajstić information content (AvgIpc) is 2.57. The SMILES string of the molecule is CC(C)=CCc1c[nH]c2cc(C)ccc12. The molecule has 0 aliphatic carbocycles.